The highest BCUT2D eigenvalue weighted by molar-refractivity contribution is 5.93. The number of nitrogens with one attached hydrogen (secondary N) is 1. The first-order chi connectivity index (χ1) is 13.1. The molecule has 1 aliphatic heterocycles. The molecule has 1 aromatic heterocycles. The minimum absolute atomic E-state index is 0.0809. The zero-order valence-corrected chi connectivity index (χ0v) is 15.5. The van der Waals surface area contributed by atoms with E-state index in [0.29, 0.717) is 25.4 Å². The summed E-state index contributed by atoms with van der Waals surface area (Å²) >= 11 is 0. The molecule has 1 aliphatic rings. The topological polar surface area (TPSA) is 69.0 Å². The molecule has 4 rings (SSSR count). The van der Waals surface area contributed by atoms with Gasteiger partial charge in [0.2, 0.25) is 0 Å². The Kier molecular flexibility index (Phi) is 4.73. The Balaban J connectivity index is 1.45. The van der Waals surface area contributed by atoms with E-state index in [0.717, 1.165) is 22.4 Å². The average molecular weight is 362 g/mol. The molecule has 6 heteroatoms. The Morgan fingerprint density at radius 2 is 1.96 bits per heavy atom. The van der Waals surface area contributed by atoms with Crippen molar-refractivity contribution in [2.45, 2.75) is 39.6 Å². The molecule has 0 aliphatic carbocycles. The second-order valence-corrected chi connectivity index (χ2v) is 6.89. The van der Waals surface area contributed by atoms with Crippen molar-refractivity contribution in [1.82, 2.24) is 20.3 Å². The first-order valence-electron chi connectivity index (χ1n) is 9.05. The van der Waals surface area contributed by atoms with E-state index in [1.807, 2.05) is 31.2 Å². The number of hydrogen-bond donors (Lipinski definition) is 1. The van der Waals surface area contributed by atoms with Gasteiger partial charge in [-0.2, -0.15) is 0 Å². The van der Waals surface area contributed by atoms with Crippen molar-refractivity contribution < 1.29 is 9.53 Å². The Morgan fingerprint density at radius 3 is 2.74 bits per heavy atom. The Hall–Kier alpha value is -2.99. The molecular formula is C21H22N4O2. The van der Waals surface area contributed by atoms with Crippen molar-refractivity contribution in [3.63, 3.8) is 0 Å². The van der Waals surface area contributed by atoms with E-state index < -0.39 is 0 Å². The fraction of sp³-hybridized carbons (Fsp3) is 0.286. The normalized spacial score (nSPS) is 16.0. The zero-order chi connectivity index (χ0) is 18.8. The van der Waals surface area contributed by atoms with E-state index in [2.05, 4.69) is 46.8 Å². The summed E-state index contributed by atoms with van der Waals surface area (Å²) in [7, 11) is 0. The van der Waals surface area contributed by atoms with Gasteiger partial charge in [-0.15, -0.1) is 5.10 Å². The third kappa shape index (κ3) is 3.61. The number of carbonyl (C=O) groups excluding carboxylic acids is 1. The lowest BCUT2D eigenvalue weighted by molar-refractivity contribution is -0.00177. The van der Waals surface area contributed by atoms with Crippen LogP contribution in [0.3, 0.4) is 0 Å². The Labute approximate surface area is 158 Å². The number of hydrogen-bond acceptors (Lipinski definition) is 4. The van der Waals surface area contributed by atoms with E-state index in [-0.39, 0.29) is 12.0 Å². The standard InChI is InChI=1S/C21H22N4O2/c1-14-7-9-16(10-8-14)19-12-25-18(13-27-19)20(23-24-25)21(26)22-11-17-6-4-3-5-15(17)2/h3-10,19H,11-13H2,1-2H3,(H,22,26)/t19-/m1/s1. The highest BCUT2D eigenvalue weighted by Gasteiger charge is 2.27. The molecule has 0 saturated heterocycles. The summed E-state index contributed by atoms with van der Waals surface area (Å²) in [5, 5.41) is 11.2. The fourth-order valence-corrected chi connectivity index (χ4v) is 3.24. The van der Waals surface area contributed by atoms with Gasteiger partial charge in [0, 0.05) is 6.54 Å². The van der Waals surface area contributed by atoms with Crippen molar-refractivity contribution in [3.8, 4) is 0 Å². The van der Waals surface area contributed by atoms with Crippen LogP contribution in [0.5, 0.6) is 0 Å². The van der Waals surface area contributed by atoms with Crippen molar-refractivity contribution in [1.29, 1.82) is 0 Å². The van der Waals surface area contributed by atoms with Crippen LogP contribution < -0.4 is 5.32 Å². The summed E-state index contributed by atoms with van der Waals surface area (Å²) in [5.74, 6) is -0.225. The molecule has 0 spiro atoms. The smallest absolute Gasteiger partial charge is 0.274 e. The van der Waals surface area contributed by atoms with Crippen LogP contribution in [0.25, 0.3) is 0 Å². The number of amides is 1. The van der Waals surface area contributed by atoms with Crippen LogP contribution in [0.15, 0.2) is 48.5 Å². The van der Waals surface area contributed by atoms with Crippen LogP contribution in [0.2, 0.25) is 0 Å². The largest absolute Gasteiger partial charge is 0.365 e. The molecule has 1 N–H and O–H groups in total. The fourth-order valence-electron chi connectivity index (χ4n) is 3.24. The minimum atomic E-state index is -0.225. The summed E-state index contributed by atoms with van der Waals surface area (Å²) < 4.78 is 7.76. The highest BCUT2D eigenvalue weighted by Crippen LogP contribution is 2.27. The Bertz CT molecular complexity index is 963. The van der Waals surface area contributed by atoms with Crippen molar-refractivity contribution in [2.24, 2.45) is 0 Å². The predicted molar refractivity (Wildman–Crippen MR) is 101 cm³/mol. The molecule has 6 nitrogen and oxygen atoms in total. The number of ether oxygens (including phenoxy) is 1. The molecule has 0 bridgehead atoms. The SMILES string of the molecule is Cc1ccc([C@H]2Cn3nnc(C(=O)NCc4ccccc4C)c3CO2)cc1. The lowest BCUT2D eigenvalue weighted by Crippen LogP contribution is -2.27. The second-order valence-electron chi connectivity index (χ2n) is 6.89. The molecule has 138 valence electrons. The predicted octanol–water partition coefficient (Wildman–Crippen LogP) is 3.10. The van der Waals surface area contributed by atoms with Crippen molar-refractivity contribution in [2.75, 3.05) is 0 Å². The third-order valence-electron chi connectivity index (χ3n) is 4.96. The van der Waals surface area contributed by atoms with Crippen LogP contribution in [0.4, 0.5) is 0 Å². The van der Waals surface area contributed by atoms with E-state index >= 15 is 0 Å². The van der Waals surface area contributed by atoms with Gasteiger partial charge < -0.3 is 10.1 Å². The lowest BCUT2D eigenvalue weighted by atomic mass is 10.1. The molecular weight excluding hydrogens is 340 g/mol. The number of fused-ring (bicyclic) bond motifs is 1. The maximum atomic E-state index is 12.6. The number of aryl methyl sites for hydroxylation is 2. The quantitative estimate of drug-likeness (QED) is 0.774. The van der Waals surface area contributed by atoms with E-state index in [1.165, 1.54) is 5.56 Å². The van der Waals surface area contributed by atoms with Crippen LogP contribution in [0.1, 0.15) is 44.5 Å². The van der Waals surface area contributed by atoms with Crippen LogP contribution in [-0.2, 0) is 24.4 Å². The maximum Gasteiger partial charge on any atom is 0.274 e. The average Bonchev–Trinajstić information content (AvgIpc) is 3.11. The number of rotatable bonds is 4. The van der Waals surface area contributed by atoms with Gasteiger partial charge in [0.1, 0.15) is 6.10 Å². The molecule has 1 atom stereocenters. The zero-order valence-electron chi connectivity index (χ0n) is 15.5. The van der Waals surface area contributed by atoms with Gasteiger partial charge in [0.15, 0.2) is 5.69 Å². The number of nitrogens with zero attached hydrogens (tertiary/aromatic N) is 3. The van der Waals surface area contributed by atoms with Gasteiger partial charge in [0.25, 0.3) is 5.91 Å². The van der Waals surface area contributed by atoms with Gasteiger partial charge in [-0.1, -0.05) is 59.3 Å². The molecule has 2 heterocycles. The lowest BCUT2D eigenvalue weighted by Gasteiger charge is -2.24. The van der Waals surface area contributed by atoms with Gasteiger partial charge in [0.05, 0.1) is 18.8 Å². The summed E-state index contributed by atoms with van der Waals surface area (Å²) in [6.07, 6.45) is -0.0809. The summed E-state index contributed by atoms with van der Waals surface area (Å²) in [5.41, 5.74) is 5.61. The first-order valence-corrected chi connectivity index (χ1v) is 9.05. The second kappa shape index (κ2) is 7.32. The summed E-state index contributed by atoms with van der Waals surface area (Å²) in [6, 6.07) is 16.3. The van der Waals surface area contributed by atoms with Gasteiger partial charge in [-0.05, 0) is 30.5 Å². The summed E-state index contributed by atoms with van der Waals surface area (Å²) in [4.78, 5) is 12.6. The Morgan fingerprint density at radius 1 is 1.19 bits per heavy atom. The van der Waals surface area contributed by atoms with Crippen LogP contribution in [-0.4, -0.2) is 20.9 Å². The molecule has 27 heavy (non-hydrogen) atoms. The number of aromatic nitrogens is 3. The highest BCUT2D eigenvalue weighted by atomic mass is 16.5. The molecule has 0 unspecified atom stereocenters. The van der Waals surface area contributed by atoms with Crippen LogP contribution >= 0.6 is 0 Å². The molecule has 2 aromatic carbocycles. The molecule has 1 amide bonds. The van der Waals surface area contributed by atoms with E-state index in [1.54, 1.807) is 4.68 Å². The third-order valence-corrected chi connectivity index (χ3v) is 4.96. The summed E-state index contributed by atoms with van der Waals surface area (Å²) in [6.45, 7) is 5.42. The van der Waals surface area contributed by atoms with Gasteiger partial charge >= 0.3 is 0 Å². The maximum absolute atomic E-state index is 12.6. The first kappa shape index (κ1) is 17.4. The van der Waals surface area contributed by atoms with E-state index in [9.17, 15) is 4.79 Å². The number of benzene rings is 2. The molecule has 3 aromatic rings. The van der Waals surface area contributed by atoms with Crippen molar-refractivity contribution in [3.05, 3.63) is 82.2 Å². The number of carbonyl (C=O) groups is 1. The van der Waals surface area contributed by atoms with E-state index in [4.69, 9.17) is 4.74 Å². The van der Waals surface area contributed by atoms with Gasteiger partial charge in [-0.25, -0.2) is 4.68 Å². The molecule has 0 fully saturated rings. The van der Waals surface area contributed by atoms with Crippen molar-refractivity contribution >= 4 is 5.91 Å². The van der Waals surface area contributed by atoms with Crippen LogP contribution in [0, 0.1) is 13.8 Å². The minimum Gasteiger partial charge on any atom is -0.365 e. The molecule has 0 saturated carbocycles. The monoisotopic (exact) mass is 362 g/mol. The molecule has 0 radical (unpaired) electrons. The van der Waals surface area contributed by atoms with Gasteiger partial charge in [-0.3, -0.25) is 4.79 Å².